The van der Waals surface area contributed by atoms with Gasteiger partial charge in [0.1, 0.15) is 0 Å². The fraction of sp³-hybridized carbons (Fsp3) is 1.00. The number of aliphatic hydroxyl groups excluding tert-OH is 3. The first-order valence-electron chi connectivity index (χ1n) is 9.20. The van der Waals surface area contributed by atoms with Crippen molar-refractivity contribution >= 4 is 32.6 Å². The summed E-state index contributed by atoms with van der Waals surface area (Å²) in [5.41, 5.74) is 0. The third-order valence-electron chi connectivity index (χ3n) is 4.81. The summed E-state index contributed by atoms with van der Waals surface area (Å²) in [6, 6.07) is 0. The minimum Gasteiger partial charge on any atom is -0.416 e. The van der Waals surface area contributed by atoms with Crippen LogP contribution in [0.4, 0.5) is 0 Å². The monoisotopic (exact) mass is 476 g/mol. The molecule has 8 heteroatoms. The summed E-state index contributed by atoms with van der Waals surface area (Å²) in [5.74, 6) is 0. The third kappa shape index (κ3) is 15.7. The van der Waals surface area contributed by atoms with Crippen molar-refractivity contribution in [2.45, 2.75) is 77.8 Å². The van der Waals surface area contributed by atoms with Crippen molar-refractivity contribution in [3.8, 4) is 0 Å². The second kappa shape index (κ2) is 14.7. The largest absolute Gasteiger partial charge is 0.416 e. The summed E-state index contributed by atoms with van der Waals surface area (Å²) in [6.45, 7) is 23.5. The van der Waals surface area contributed by atoms with E-state index in [0.717, 1.165) is 11.9 Å². The second-order valence-electron chi connectivity index (χ2n) is 9.08. The molecule has 0 unspecified atom stereocenters. The SMILES string of the molecule is CC(C)(C)[Si](C)(C)OCCBr.CC(C)(C)[Si](C)(C)OCCO.OCCO. The van der Waals surface area contributed by atoms with Crippen LogP contribution in [0.5, 0.6) is 0 Å². The lowest BCUT2D eigenvalue weighted by Crippen LogP contribution is -2.41. The maximum atomic E-state index is 8.59. The summed E-state index contributed by atoms with van der Waals surface area (Å²) in [7, 11) is -3.04. The van der Waals surface area contributed by atoms with Crippen LogP contribution in [0.3, 0.4) is 0 Å². The van der Waals surface area contributed by atoms with Crippen LogP contribution in [0.15, 0.2) is 0 Å². The topological polar surface area (TPSA) is 79.2 Å². The summed E-state index contributed by atoms with van der Waals surface area (Å²) in [6.07, 6.45) is 0. The zero-order valence-electron chi connectivity index (χ0n) is 18.8. The number of hydrogen-bond acceptors (Lipinski definition) is 5. The van der Waals surface area contributed by atoms with Crippen molar-refractivity contribution in [3.63, 3.8) is 0 Å². The number of rotatable bonds is 7. The van der Waals surface area contributed by atoms with E-state index >= 15 is 0 Å². The summed E-state index contributed by atoms with van der Waals surface area (Å²) in [4.78, 5) is 0. The summed E-state index contributed by atoms with van der Waals surface area (Å²) < 4.78 is 11.5. The zero-order chi connectivity index (χ0) is 21.7. The Morgan fingerprint density at radius 2 is 0.962 bits per heavy atom. The van der Waals surface area contributed by atoms with Crippen molar-refractivity contribution in [2.75, 3.05) is 38.4 Å². The Balaban J connectivity index is -0.000000338. The van der Waals surface area contributed by atoms with Gasteiger partial charge >= 0.3 is 0 Å². The molecule has 0 fully saturated rings. The molecule has 0 spiro atoms. The number of halogens is 1. The van der Waals surface area contributed by atoms with Gasteiger partial charge in [-0.2, -0.15) is 0 Å². The molecule has 26 heavy (non-hydrogen) atoms. The fourth-order valence-electron chi connectivity index (χ4n) is 1.03. The van der Waals surface area contributed by atoms with E-state index in [2.05, 4.69) is 83.7 Å². The standard InChI is InChI=1S/C8H19BrOSi.C8H20O2Si.C2H6O2/c2*1-8(2,3)11(4,5)10-7-6-9;3-1-2-4/h6-7H2,1-5H3;9H,6-7H2,1-5H3;3-4H,1-2H2. The summed E-state index contributed by atoms with van der Waals surface area (Å²) in [5, 5.41) is 25.4. The highest BCUT2D eigenvalue weighted by Gasteiger charge is 2.37. The number of alkyl halides is 1. The van der Waals surface area contributed by atoms with E-state index in [0.29, 0.717) is 11.6 Å². The van der Waals surface area contributed by atoms with Crippen molar-refractivity contribution in [1.29, 1.82) is 0 Å². The molecule has 162 valence electrons. The molecule has 0 bridgehead atoms. The molecule has 0 rings (SSSR count). The molecule has 5 nitrogen and oxygen atoms in total. The molecule has 0 aliphatic carbocycles. The quantitative estimate of drug-likeness (QED) is 0.375. The predicted molar refractivity (Wildman–Crippen MR) is 121 cm³/mol. The molecule has 0 aliphatic rings. The molecule has 0 saturated carbocycles. The molecule has 0 aliphatic heterocycles. The molecule has 0 atom stereocenters. The highest BCUT2D eigenvalue weighted by atomic mass is 79.9. The smallest absolute Gasteiger partial charge is 0.192 e. The van der Waals surface area contributed by atoms with E-state index in [9.17, 15) is 0 Å². The van der Waals surface area contributed by atoms with Crippen LogP contribution in [-0.4, -0.2) is 70.3 Å². The number of aliphatic hydroxyl groups is 3. The van der Waals surface area contributed by atoms with Gasteiger partial charge in [0.25, 0.3) is 0 Å². The second-order valence-corrected chi connectivity index (χ2v) is 19.5. The van der Waals surface area contributed by atoms with E-state index < -0.39 is 16.6 Å². The molecular formula is C18H45BrO5Si2. The minimum absolute atomic E-state index is 0.125. The molecule has 0 heterocycles. The van der Waals surface area contributed by atoms with E-state index in [1.807, 2.05) is 0 Å². The molecule has 3 N–H and O–H groups in total. The van der Waals surface area contributed by atoms with Gasteiger partial charge in [-0.25, -0.2) is 0 Å². The average Bonchev–Trinajstić information content (AvgIpc) is 2.49. The van der Waals surface area contributed by atoms with Crippen molar-refractivity contribution in [3.05, 3.63) is 0 Å². The first kappa shape index (κ1) is 31.4. The third-order valence-corrected chi connectivity index (χ3v) is 14.2. The van der Waals surface area contributed by atoms with Crippen LogP contribution in [0.2, 0.25) is 36.3 Å². The first-order chi connectivity index (χ1) is 11.5. The maximum absolute atomic E-state index is 8.59. The highest BCUT2D eigenvalue weighted by Crippen LogP contribution is 2.37. The maximum Gasteiger partial charge on any atom is 0.192 e. The van der Waals surface area contributed by atoms with Crippen LogP contribution < -0.4 is 0 Å². The Morgan fingerprint density at radius 3 is 1.15 bits per heavy atom. The van der Waals surface area contributed by atoms with E-state index in [1.54, 1.807) is 0 Å². The van der Waals surface area contributed by atoms with Gasteiger partial charge in [-0.1, -0.05) is 57.5 Å². The Morgan fingerprint density at radius 1 is 0.654 bits per heavy atom. The van der Waals surface area contributed by atoms with Gasteiger partial charge in [0.15, 0.2) is 16.6 Å². The lowest BCUT2D eigenvalue weighted by atomic mass is 10.2. The predicted octanol–water partition coefficient (Wildman–Crippen LogP) is 4.37. The zero-order valence-corrected chi connectivity index (χ0v) is 22.4. The van der Waals surface area contributed by atoms with Crippen molar-refractivity contribution in [1.82, 2.24) is 0 Å². The fourth-order valence-corrected chi connectivity index (χ4v) is 3.57. The molecule has 0 saturated heterocycles. The van der Waals surface area contributed by atoms with Gasteiger partial charge < -0.3 is 24.2 Å². The van der Waals surface area contributed by atoms with E-state index in [1.165, 1.54) is 0 Å². The Labute approximate surface area is 172 Å². The van der Waals surface area contributed by atoms with Crippen LogP contribution >= 0.6 is 15.9 Å². The minimum atomic E-state index is -1.59. The van der Waals surface area contributed by atoms with Gasteiger partial charge in [0.05, 0.1) is 26.4 Å². The normalized spacial score (nSPS) is 12.7. The van der Waals surface area contributed by atoms with Gasteiger partial charge in [-0.3, -0.25) is 0 Å². The summed E-state index contributed by atoms with van der Waals surface area (Å²) >= 11 is 3.37. The van der Waals surface area contributed by atoms with Crippen molar-refractivity contribution in [2.24, 2.45) is 0 Å². The van der Waals surface area contributed by atoms with Crippen LogP contribution in [0.1, 0.15) is 41.5 Å². The molecule has 0 aromatic heterocycles. The van der Waals surface area contributed by atoms with Gasteiger partial charge in [0.2, 0.25) is 0 Å². The molecular weight excluding hydrogens is 432 g/mol. The molecule has 0 amide bonds. The number of hydrogen-bond donors (Lipinski definition) is 3. The Kier molecular flexibility index (Phi) is 17.7. The van der Waals surface area contributed by atoms with E-state index in [4.69, 9.17) is 24.2 Å². The molecule has 0 aromatic rings. The van der Waals surface area contributed by atoms with Gasteiger partial charge in [-0.05, 0) is 36.3 Å². The Bertz CT molecular complexity index is 295. The van der Waals surface area contributed by atoms with Crippen LogP contribution in [0.25, 0.3) is 0 Å². The van der Waals surface area contributed by atoms with Gasteiger partial charge in [-0.15, -0.1) is 0 Å². The van der Waals surface area contributed by atoms with Crippen LogP contribution in [0, 0.1) is 0 Å². The first-order valence-corrected chi connectivity index (χ1v) is 16.1. The molecule has 0 aromatic carbocycles. The molecule has 0 radical (unpaired) electrons. The van der Waals surface area contributed by atoms with Crippen LogP contribution in [-0.2, 0) is 8.85 Å². The van der Waals surface area contributed by atoms with Gasteiger partial charge in [0, 0.05) is 11.9 Å². The Hall–Kier alpha value is 0.714. The van der Waals surface area contributed by atoms with E-state index in [-0.39, 0.29) is 24.9 Å². The lowest BCUT2D eigenvalue weighted by Gasteiger charge is -2.35. The average molecular weight is 478 g/mol. The lowest BCUT2D eigenvalue weighted by molar-refractivity contribution is 0.186. The highest BCUT2D eigenvalue weighted by molar-refractivity contribution is 9.09. The van der Waals surface area contributed by atoms with Crippen molar-refractivity contribution < 1.29 is 24.2 Å².